The van der Waals surface area contributed by atoms with Crippen LogP contribution in [0.3, 0.4) is 0 Å². The first-order valence-electron chi connectivity index (χ1n) is 9.68. The van der Waals surface area contributed by atoms with Gasteiger partial charge in [-0.3, -0.25) is 0 Å². The van der Waals surface area contributed by atoms with Crippen LogP contribution in [0.1, 0.15) is 31.2 Å². The van der Waals surface area contributed by atoms with E-state index < -0.39 is 5.72 Å². The van der Waals surface area contributed by atoms with Gasteiger partial charge in [0, 0.05) is 23.1 Å². The topological polar surface area (TPSA) is 44.9 Å². The lowest BCUT2D eigenvalue weighted by molar-refractivity contribution is -0.658. The number of rotatable bonds is 4. The maximum absolute atomic E-state index is 11.8. The van der Waals surface area contributed by atoms with Crippen molar-refractivity contribution in [3.05, 3.63) is 53.1 Å². The third-order valence-electron chi connectivity index (χ3n) is 5.71. The van der Waals surface area contributed by atoms with Crippen LogP contribution in [-0.4, -0.2) is 42.8 Å². The van der Waals surface area contributed by atoms with E-state index in [1.165, 1.54) is 0 Å². The molecule has 0 amide bonds. The van der Waals surface area contributed by atoms with Crippen LogP contribution in [0.2, 0.25) is 5.02 Å². The van der Waals surface area contributed by atoms with Gasteiger partial charge in [-0.05, 0) is 43.5 Å². The lowest BCUT2D eigenvalue weighted by Crippen LogP contribution is -3.00. The van der Waals surface area contributed by atoms with E-state index in [0.717, 1.165) is 60.8 Å². The van der Waals surface area contributed by atoms with Gasteiger partial charge < -0.3 is 31.6 Å². The maximum atomic E-state index is 11.8. The van der Waals surface area contributed by atoms with Crippen LogP contribution in [0.5, 0.6) is 11.5 Å². The minimum atomic E-state index is -1.11. The molecule has 2 aromatic carbocycles. The summed E-state index contributed by atoms with van der Waals surface area (Å²) in [5.41, 5.74) is 0.646. The van der Waals surface area contributed by atoms with Crippen molar-refractivity contribution in [1.82, 2.24) is 0 Å². The predicted octanol–water partition coefficient (Wildman–Crippen LogP) is 1.01. The highest BCUT2D eigenvalue weighted by molar-refractivity contribution is 6.30. The summed E-state index contributed by atoms with van der Waals surface area (Å²) >= 11 is 6.08. The summed E-state index contributed by atoms with van der Waals surface area (Å²) in [6.45, 7) is 1.24. The summed E-state index contributed by atoms with van der Waals surface area (Å²) in [5, 5.41) is 12.5. The smallest absolute Gasteiger partial charge is 0.271 e. The lowest BCUT2D eigenvalue weighted by atomic mass is 10.0. The first kappa shape index (κ1) is 21.9. The van der Waals surface area contributed by atoms with E-state index in [9.17, 15) is 5.11 Å². The van der Waals surface area contributed by atoms with Crippen LogP contribution < -0.4 is 31.4 Å². The van der Waals surface area contributed by atoms with Crippen LogP contribution in [0.4, 0.5) is 5.69 Å². The minimum absolute atomic E-state index is 0. The van der Waals surface area contributed by atoms with E-state index >= 15 is 0 Å². The zero-order valence-electron chi connectivity index (χ0n) is 16.7. The molecule has 0 radical (unpaired) electrons. The van der Waals surface area contributed by atoms with Crippen molar-refractivity contribution in [2.24, 2.45) is 0 Å². The highest BCUT2D eigenvalue weighted by Gasteiger charge is 2.52. The van der Waals surface area contributed by atoms with Crippen molar-refractivity contribution < 1.29 is 36.1 Å². The fraction of sp³-hybridized carbons (Fsp3) is 0.409. The Balaban J connectivity index is 0.00000240. The molecule has 0 saturated carbocycles. The molecule has 7 heteroatoms. The standard InChI is InChI=1S/C22H26ClN2O3.BrH/c1-27-18-11-12-20(28-2)19(14-18)24-15-22(26,16-7-9-17(23)10-8-16)25-13-5-3-4-6-21(24)25;/h7-12,14,26H,3-6,13,15H2,1-2H3;1H/q+1;/p-1. The number of amidine groups is 1. The molecule has 0 spiro atoms. The van der Waals surface area contributed by atoms with Gasteiger partial charge in [0.25, 0.3) is 11.6 Å². The molecule has 2 aliphatic heterocycles. The number of β-amino-alcohol motifs (C(OH)–C–C–N with tert-alkyl or cyclic N) is 1. The van der Waals surface area contributed by atoms with E-state index in [1.54, 1.807) is 14.2 Å². The van der Waals surface area contributed by atoms with Crippen LogP contribution in [0, 0.1) is 0 Å². The molecular formula is C22H26BrClN2O3. The number of anilines is 1. The number of aliphatic hydroxyl groups is 1. The van der Waals surface area contributed by atoms with Gasteiger partial charge in [-0.2, -0.15) is 0 Å². The second-order valence-corrected chi connectivity index (χ2v) is 7.76. The Bertz CT molecular complexity index is 903. The average molecular weight is 482 g/mol. The van der Waals surface area contributed by atoms with E-state index in [2.05, 4.69) is 9.48 Å². The van der Waals surface area contributed by atoms with Crippen molar-refractivity contribution in [2.45, 2.75) is 31.4 Å². The van der Waals surface area contributed by atoms with Crippen LogP contribution in [-0.2, 0) is 5.72 Å². The normalized spacial score (nSPS) is 21.3. The number of nitrogens with zero attached hydrogens (tertiary/aromatic N) is 2. The Hall–Kier alpha value is -1.76. The van der Waals surface area contributed by atoms with Crippen LogP contribution in [0.25, 0.3) is 0 Å². The Morgan fingerprint density at radius 1 is 1.03 bits per heavy atom. The third kappa shape index (κ3) is 3.98. The molecule has 1 atom stereocenters. The Morgan fingerprint density at radius 2 is 1.79 bits per heavy atom. The highest BCUT2D eigenvalue weighted by atomic mass is 79.9. The van der Waals surface area contributed by atoms with Gasteiger partial charge in [0.15, 0.2) is 18.0 Å². The molecular weight excluding hydrogens is 456 g/mol. The number of benzene rings is 2. The molecule has 29 heavy (non-hydrogen) atoms. The predicted molar refractivity (Wildman–Crippen MR) is 111 cm³/mol. The Kier molecular flexibility index (Phi) is 6.76. The zero-order chi connectivity index (χ0) is 19.7. The summed E-state index contributed by atoms with van der Waals surface area (Å²) in [5.74, 6) is 2.65. The number of hydrogen-bond acceptors (Lipinski definition) is 4. The van der Waals surface area contributed by atoms with Gasteiger partial charge in [0.05, 0.1) is 20.8 Å². The summed E-state index contributed by atoms with van der Waals surface area (Å²) in [7, 11) is 3.33. The van der Waals surface area contributed by atoms with E-state index in [0.29, 0.717) is 11.6 Å². The molecule has 0 saturated heterocycles. The van der Waals surface area contributed by atoms with E-state index in [1.807, 2.05) is 42.5 Å². The highest BCUT2D eigenvalue weighted by Crippen LogP contribution is 2.40. The number of hydrogen-bond donors (Lipinski definition) is 1. The summed E-state index contributed by atoms with van der Waals surface area (Å²) in [6.07, 6.45) is 4.23. The minimum Gasteiger partial charge on any atom is -1.00 e. The lowest BCUT2D eigenvalue weighted by Gasteiger charge is -2.24. The van der Waals surface area contributed by atoms with Crippen molar-refractivity contribution in [2.75, 3.05) is 32.2 Å². The monoisotopic (exact) mass is 480 g/mol. The largest absolute Gasteiger partial charge is 1.00 e. The summed E-state index contributed by atoms with van der Waals surface area (Å²) in [4.78, 5) is 2.18. The molecule has 2 heterocycles. The third-order valence-corrected chi connectivity index (χ3v) is 5.97. The zero-order valence-corrected chi connectivity index (χ0v) is 19.0. The molecule has 2 aliphatic rings. The van der Waals surface area contributed by atoms with E-state index in [4.69, 9.17) is 21.1 Å². The second kappa shape index (κ2) is 8.94. The number of halogens is 2. The van der Waals surface area contributed by atoms with Gasteiger partial charge in [0.1, 0.15) is 5.75 Å². The molecule has 0 fully saturated rings. The first-order chi connectivity index (χ1) is 13.6. The van der Waals surface area contributed by atoms with E-state index in [-0.39, 0.29) is 17.0 Å². The molecule has 4 rings (SSSR count). The molecule has 0 aliphatic carbocycles. The SMILES string of the molecule is COc1ccc(OC)c(N2CC(O)(c3ccc(Cl)cc3)[N+]3=C2CCCCC3)c1.[Br-]. The Morgan fingerprint density at radius 3 is 2.48 bits per heavy atom. The molecule has 0 aromatic heterocycles. The fourth-order valence-electron chi connectivity index (χ4n) is 4.27. The quantitative estimate of drug-likeness (QED) is 0.662. The average Bonchev–Trinajstić information content (AvgIpc) is 2.87. The first-order valence-corrected chi connectivity index (χ1v) is 10.1. The summed E-state index contributed by atoms with van der Waals surface area (Å²) < 4.78 is 13.2. The number of methoxy groups -OCH3 is 2. The second-order valence-electron chi connectivity index (χ2n) is 7.33. The van der Waals surface area contributed by atoms with Gasteiger partial charge in [0.2, 0.25) is 0 Å². The number of ether oxygens (including phenoxy) is 2. The van der Waals surface area contributed by atoms with Gasteiger partial charge in [-0.25, -0.2) is 9.48 Å². The molecule has 0 bridgehead atoms. The van der Waals surface area contributed by atoms with Gasteiger partial charge in [-0.15, -0.1) is 0 Å². The van der Waals surface area contributed by atoms with Crippen LogP contribution in [0.15, 0.2) is 42.5 Å². The molecule has 2 aromatic rings. The molecule has 1 N–H and O–H groups in total. The summed E-state index contributed by atoms with van der Waals surface area (Å²) in [6, 6.07) is 13.3. The van der Waals surface area contributed by atoms with Crippen molar-refractivity contribution in [1.29, 1.82) is 0 Å². The van der Waals surface area contributed by atoms with Crippen molar-refractivity contribution in [3.8, 4) is 11.5 Å². The fourth-order valence-corrected chi connectivity index (χ4v) is 4.39. The molecule has 1 unspecified atom stereocenters. The Labute approximate surface area is 187 Å². The van der Waals surface area contributed by atoms with Crippen LogP contribution >= 0.6 is 11.6 Å². The maximum Gasteiger partial charge on any atom is 0.271 e. The van der Waals surface area contributed by atoms with Crippen molar-refractivity contribution in [3.63, 3.8) is 0 Å². The molecule has 156 valence electrons. The van der Waals surface area contributed by atoms with Gasteiger partial charge >= 0.3 is 0 Å². The molecule has 5 nitrogen and oxygen atoms in total. The van der Waals surface area contributed by atoms with Gasteiger partial charge in [-0.1, -0.05) is 23.7 Å². The van der Waals surface area contributed by atoms with Crippen molar-refractivity contribution >= 4 is 23.1 Å².